The van der Waals surface area contributed by atoms with Crippen LogP contribution in [0.1, 0.15) is 40.5 Å². The van der Waals surface area contributed by atoms with Crippen LogP contribution in [0.5, 0.6) is 0 Å². The molecule has 6 nitrogen and oxygen atoms in total. The second kappa shape index (κ2) is 11.9. The molecule has 0 unspecified atom stereocenters. The van der Waals surface area contributed by atoms with Crippen LogP contribution >= 0.6 is 0 Å². The highest BCUT2D eigenvalue weighted by atomic mass is 28.4. The molecule has 132 valence electrons. The van der Waals surface area contributed by atoms with E-state index in [-0.39, 0.29) is 25.6 Å². The summed E-state index contributed by atoms with van der Waals surface area (Å²) < 4.78 is 15.2. The van der Waals surface area contributed by atoms with Crippen molar-refractivity contribution in [2.24, 2.45) is 0 Å². The average molecular weight is 344 g/mol. The van der Waals surface area contributed by atoms with Gasteiger partial charge in [-0.2, -0.15) is 0 Å². The Morgan fingerprint density at radius 2 is 1.39 bits per heavy atom. The maximum Gasteiger partial charge on any atom is 0.331 e. The minimum absolute atomic E-state index is 0.111. The summed E-state index contributed by atoms with van der Waals surface area (Å²) in [6.45, 7) is 8.22. The summed E-state index contributed by atoms with van der Waals surface area (Å²) in [7, 11) is -1.92. The lowest BCUT2D eigenvalue weighted by molar-refractivity contribution is -0.141. The average Bonchev–Trinajstić information content (AvgIpc) is 2.55. The fourth-order valence-electron chi connectivity index (χ4n) is 2.02. The van der Waals surface area contributed by atoms with Crippen LogP contribution in [-0.4, -0.2) is 39.4 Å². The minimum Gasteiger partial charge on any atom is -0.519 e. The van der Waals surface area contributed by atoms with E-state index >= 15 is 0 Å². The van der Waals surface area contributed by atoms with Gasteiger partial charge in [-0.1, -0.05) is 20.8 Å². The Balaban J connectivity index is 4.01. The third-order valence-corrected chi connectivity index (χ3v) is 8.20. The van der Waals surface area contributed by atoms with Crippen LogP contribution in [0.2, 0.25) is 18.1 Å². The third kappa shape index (κ3) is 9.17. The van der Waals surface area contributed by atoms with Gasteiger partial charge < -0.3 is 13.9 Å². The van der Waals surface area contributed by atoms with Crippen molar-refractivity contribution in [1.29, 1.82) is 0 Å². The van der Waals surface area contributed by atoms with Crippen LogP contribution in [0.15, 0.2) is 12.2 Å². The van der Waals surface area contributed by atoms with Gasteiger partial charge >= 0.3 is 11.9 Å². The van der Waals surface area contributed by atoms with Crippen LogP contribution < -0.4 is 0 Å². The number of esters is 2. The highest BCUT2D eigenvalue weighted by molar-refractivity contribution is 6.74. The normalized spacial score (nSPS) is 11.3. The Morgan fingerprint density at radius 1 is 0.870 bits per heavy atom. The number of hydrogen-bond acceptors (Lipinski definition) is 6. The Bertz CT molecular complexity index is 407. The molecule has 0 radical (unpaired) electrons. The van der Waals surface area contributed by atoms with Crippen molar-refractivity contribution in [3.8, 4) is 0 Å². The Kier molecular flexibility index (Phi) is 11.0. The standard InChI is InChI=1S/C16H28O6Si/c1-5-20-14(17)11-12-15(18)21-13-9-10-16(19)22-23(6-2,7-3)8-4/h11-12H,5-10,13H2,1-4H3/b12-11+. The summed E-state index contributed by atoms with van der Waals surface area (Å²) in [5, 5.41) is 0. The quantitative estimate of drug-likeness (QED) is 0.248. The molecule has 0 saturated carbocycles. The molecule has 0 N–H and O–H groups in total. The molecule has 23 heavy (non-hydrogen) atoms. The molecule has 0 amide bonds. The molecule has 0 rings (SSSR count). The SMILES string of the molecule is CCOC(=O)/C=C/C(=O)OCCCC(=O)O[Si](CC)(CC)CC. The molecule has 0 aliphatic heterocycles. The fraction of sp³-hybridized carbons (Fsp3) is 0.688. The predicted octanol–water partition coefficient (Wildman–Crippen LogP) is 2.98. The highest BCUT2D eigenvalue weighted by Gasteiger charge is 2.32. The Labute approximate surface area is 139 Å². The zero-order valence-electron chi connectivity index (χ0n) is 14.6. The van der Waals surface area contributed by atoms with Crippen molar-refractivity contribution in [3.63, 3.8) is 0 Å². The molecule has 0 aromatic rings. The van der Waals surface area contributed by atoms with Gasteiger partial charge in [-0.05, 0) is 31.5 Å². The predicted molar refractivity (Wildman–Crippen MR) is 89.3 cm³/mol. The van der Waals surface area contributed by atoms with E-state index in [9.17, 15) is 14.4 Å². The zero-order chi connectivity index (χ0) is 17.7. The number of ether oxygens (including phenoxy) is 2. The van der Waals surface area contributed by atoms with Crippen molar-refractivity contribution in [1.82, 2.24) is 0 Å². The van der Waals surface area contributed by atoms with Crippen molar-refractivity contribution in [2.45, 2.75) is 58.7 Å². The molecule has 0 spiro atoms. The molecule has 0 atom stereocenters. The summed E-state index contributed by atoms with van der Waals surface area (Å²) >= 11 is 0. The maximum atomic E-state index is 11.9. The maximum absolute atomic E-state index is 11.9. The van der Waals surface area contributed by atoms with Gasteiger partial charge in [0.25, 0.3) is 14.3 Å². The fourth-order valence-corrected chi connectivity index (χ4v) is 4.54. The van der Waals surface area contributed by atoms with Gasteiger partial charge in [-0.15, -0.1) is 0 Å². The molecule has 0 aliphatic carbocycles. The molecular weight excluding hydrogens is 316 g/mol. The van der Waals surface area contributed by atoms with Crippen molar-refractivity contribution in [3.05, 3.63) is 12.2 Å². The lowest BCUT2D eigenvalue weighted by Crippen LogP contribution is -2.38. The van der Waals surface area contributed by atoms with Gasteiger partial charge in [0.05, 0.1) is 13.2 Å². The first-order valence-corrected chi connectivity index (χ1v) is 10.7. The van der Waals surface area contributed by atoms with Gasteiger partial charge in [-0.3, -0.25) is 4.79 Å². The molecule has 0 aromatic carbocycles. The van der Waals surface area contributed by atoms with E-state index in [0.29, 0.717) is 6.42 Å². The molecular formula is C16H28O6Si. The lowest BCUT2D eigenvalue weighted by atomic mass is 10.3. The third-order valence-electron chi connectivity index (χ3n) is 3.68. The van der Waals surface area contributed by atoms with E-state index in [4.69, 9.17) is 9.16 Å². The molecule has 0 bridgehead atoms. The second-order valence-electron chi connectivity index (χ2n) is 5.07. The first-order chi connectivity index (χ1) is 10.9. The molecule has 0 fully saturated rings. The van der Waals surface area contributed by atoms with Crippen LogP contribution in [0.25, 0.3) is 0 Å². The van der Waals surface area contributed by atoms with Crippen LogP contribution in [0.3, 0.4) is 0 Å². The van der Waals surface area contributed by atoms with Gasteiger partial charge in [0.2, 0.25) is 0 Å². The van der Waals surface area contributed by atoms with Gasteiger partial charge in [0, 0.05) is 18.6 Å². The van der Waals surface area contributed by atoms with E-state index < -0.39 is 20.3 Å². The minimum atomic E-state index is -1.92. The van der Waals surface area contributed by atoms with Crippen molar-refractivity contribution >= 4 is 26.2 Å². The first-order valence-electron chi connectivity index (χ1n) is 8.16. The molecule has 0 saturated heterocycles. The molecule has 7 heteroatoms. The first kappa shape index (κ1) is 21.4. The van der Waals surface area contributed by atoms with Gasteiger partial charge in [0.1, 0.15) is 0 Å². The number of hydrogen-bond donors (Lipinski definition) is 0. The monoisotopic (exact) mass is 344 g/mol. The van der Waals surface area contributed by atoms with E-state index in [2.05, 4.69) is 25.5 Å². The van der Waals surface area contributed by atoms with Crippen molar-refractivity contribution < 1.29 is 28.3 Å². The summed E-state index contributed by atoms with van der Waals surface area (Å²) in [6, 6.07) is 2.75. The van der Waals surface area contributed by atoms with Crippen molar-refractivity contribution in [2.75, 3.05) is 13.2 Å². The molecule has 0 aromatic heterocycles. The number of carbonyl (C=O) groups is 3. The van der Waals surface area contributed by atoms with Crippen LogP contribution in [-0.2, 0) is 28.3 Å². The van der Waals surface area contributed by atoms with E-state index in [0.717, 1.165) is 30.3 Å². The van der Waals surface area contributed by atoms with E-state index in [1.165, 1.54) is 0 Å². The van der Waals surface area contributed by atoms with Gasteiger partial charge in [-0.25, -0.2) is 9.59 Å². The molecule has 0 aliphatic rings. The Morgan fingerprint density at radius 3 is 1.87 bits per heavy atom. The summed E-state index contributed by atoms with van der Waals surface area (Å²) in [5.74, 6) is -1.45. The smallest absolute Gasteiger partial charge is 0.331 e. The second-order valence-corrected chi connectivity index (χ2v) is 9.77. The number of rotatable bonds is 11. The summed E-state index contributed by atoms with van der Waals surface area (Å²) in [4.78, 5) is 34.2. The highest BCUT2D eigenvalue weighted by Crippen LogP contribution is 2.22. The van der Waals surface area contributed by atoms with Gasteiger partial charge in [0.15, 0.2) is 0 Å². The topological polar surface area (TPSA) is 78.9 Å². The lowest BCUT2D eigenvalue weighted by Gasteiger charge is -2.27. The summed E-state index contributed by atoms with van der Waals surface area (Å²) in [6.07, 6.45) is 2.66. The largest absolute Gasteiger partial charge is 0.519 e. The zero-order valence-corrected chi connectivity index (χ0v) is 15.6. The number of carbonyl (C=O) groups excluding carboxylic acids is 3. The van der Waals surface area contributed by atoms with Crippen LogP contribution in [0, 0.1) is 0 Å². The van der Waals surface area contributed by atoms with Crippen LogP contribution in [0.4, 0.5) is 0 Å². The van der Waals surface area contributed by atoms with E-state index in [1.54, 1.807) is 6.92 Å². The van der Waals surface area contributed by atoms with E-state index in [1.807, 2.05) is 0 Å². The Hall–Kier alpha value is -1.63. The molecule has 0 heterocycles. The summed E-state index contributed by atoms with van der Waals surface area (Å²) in [5.41, 5.74) is 0.